The van der Waals surface area contributed by atoms with Crippen molar-refractivity contribution in [1.82, 2.24) is 14.5 Å². The summed E-state index contributed by atoms with van der Waals surface area (Å²) < 4.78 is 2.40. The molecule has 5 rings (SSSR count). The van der Waals surface area contributed by atoms with Crippen LogP contribution in [0.5, 0.6) is 0 Å². The van der Waals surface area contributed by atoms with Crippen LogP contribution in [0, 0.1) is 17.3 Å². The average Bonchev–Trinajstić information content (AvgIpc) is 3.40. The number of nitrogens with one attached hydrogen (secondary N) is 1. The summed E-state index contributed by atoms with van der Waals surface area (Å²) in [6.45, 7) is 8.07. The molecule has 4 aliphatic heterocycles. The zero-order chi connectivity index (χ0) is 19.8. The molecule has 6 heteroatoms. The van der Waals surface area contributed by atoms with Crippen molar-refractivity contribution in [3.63, 3.8) is 0 Å². The predicted octanol–water partition coefficient (Wildman–Crippen LogP) is 2.69. The Morgan fingerprint density at radius 1 is 1.07 bits per heavy atom. The second-order valence-electron chi connectivity index (χ2n) is 9.58. The first kappa shape index (κ1) is 19.7. The number of likely N-dealkylation sites (tertiary alicyclic amines) is 1. The van der Waals surface area contributed by atoms with Crippen LogP contribution in [0.4, 0.5) is 5.69 Å². The number of piperidine rings is 1. The van der Waals surface area contributed by atoms with E-state index in [-0.39, 0.29) is 5.41 Å². The number of amides is 1. The van der Waals surface area contributed by atoms with E-state index in [0.29, 0.717) is 11.9 Å². The molecule has 1 N–H and O–H groups in total. The van der Waals surface area contributed by atoms with E-state index in [4.69, 9.17) is 0 Å². The zero-order valence-electron chi connectivity index (χ0n) is 17.6. The van der Waals surface area contributed by atoms with Gasteiger partial charge in [0.15, 0.2) is 0 Å². The van der Waals surface area contributed by atoms with Crippen molar-refractivity contribution in [2.45, 2.75) is 31.7 Å². The number of hydrogen-bond acceptors (Lipinski definition) is 5. The van der Waals surface area contributed by atoms with Gasteiger partial charge in [-0.05, 0) is 55.9 Å². The molecule has 4 saturated heterocycles. The van der Waals surface area contributed by atoms with Crippen LogP contribution in [0.25, 0.3) is 0 Å². The van der Waals surface area contributed by atoms with E-state index < -0.39 is 0 Å². The molecule has 0 aliphatic carbocycles. The first-order valence-electron chi connectivity index (χ1n) is 11.3. The molecular weight excluding hydrogens is 380 g/mol. The van der Waals surface area contributed by atoms with Crippen molar-refractivity contribution in [1.29, 1.82) is 0 Å². The largest absolute Gasteiger partial charge is 0.371 e. The Kier molecular flexibility index (Phi) is 5.52. The normalized spacial score (nSPS) is 32.1. The Balaban J connectivity index is 1.09. The van der Waals surface area contributed by atoms with Gasteiger partial charge in [0, 0.05) is 57.5 Å². The molecule has 0 bridgehead atoms. The van der Waals surface area contributed by atoms with Crippen molar-refractivity contribution in [2.75, 3.05) is 57.0 Å². The van der Waals surface area contributed by atoms with E-state index in [0.717, 1.165) is 57.2 Å². The van der Waals surface area contributed by atoms with Crippen LogP contribution >= 0.6 is 11.9 Å². The summed E-state index contributed by atoms with van der Waals surface area (Å²) in [6.07, 6.45) is 6.36. The standard InChI is InChI=1S/C23H34N4OS/c1-29-27-11-8-23(9-12-27)13-20(24-22(23)28)7-10-25-14-18-16-26(17-19(18)15-25)21-5-3-2-4-6-21/h2-6,18-20H,7-17H2,1H3,(H,24,28). The number of benzene rings is 1. The third kappa shape index (κ3) is 3.91. The Morgan fingerprint density at radius 3 is 2.41 bits per heavy atom. The quantitative estimate of drug-likeness (QED) is 0.750. The predicted molar refractivity (Wildman–Crippen MR) is 120 cm³/mol. The van der Waals surface area contributed by atoms with Crippen LogP contribution in [0.2, 0.25) is 0 Å². The Hall–Kier alpha value is -1.24. The first-order valence-corrected chi connectivity index (χ1v) is 12.5. The van der Waals surface area contributed by atoms with Gasteiger partial charge in [0.1, 0.15) is 0 Å². The van der Waals surface area contributed by atoms with Crippen LogP contribution in [-0.2, 0) is 4.79 Å². The number of carbonyl (C=O) groups is 1. The second-order valence-corrected chi connectivity index (χ2v) is 10.5. The third-order valence-electron chi connectivity index (χ3n) is 7.87. The molecule has 3 atom stereocenters. The van der Waals surface area contributed by atoms with Gasteiger partial charge in [-0.2, -0.15) is 0 Å². The summed E-state index contributed by atoms with van der Waals surface area (Å²) in [5.41, 5.74) is 1.30. The highest BCUT2D eigenvalue weighted by atomic mass is 32.2. The Morgan fingerprint density at radius 2 is 1.76 bits per heavy atom. The number of rotatable bonds is 5. The number of para-hydroxylation sites is 1. The Labute approximate surface area is 179 Å². The summed E-state index contributed by atoms with van der Waals surface area (Å²) >= 11 is 1.82. The fraction of sp³-hybridized carbons (Fsp3) is 0.696. The lowest BCUT2D eigenvalue weighted by molar-refractivity contribution is -0.129. The van der Waals surface area contributed by atoms with Crippen molar-refractivity contribution in [2.24, 2.45) is 17.3 Å². The minimum Gasteiger partial charge on any atom is -0.371 e. The third-order valence-corrected chi connectivity index (χ3v) is 8.75. The van der Waals surface area contributed by atoms with Crippen molar-refractivity contribution < 1.29 is 4.79 Å². The molecule has 3 unspecified atom stereocenters. The molecule has 158 valence electrons. The molecule has 1 aromatic rings. The van der Waals surface area contributed by atoms with Gasteiger partial charge in [-0.15, -0.1) is 0 Å². The van der Waals surface area contributed by atoms with Crippen LogP contribution < -0.4 is 10.2 Å². The van der Waals surface area contributed by atoms with Crippen LogP contribution in [-0.4, -0.2) is 73.2 Å². The number of fused-ring (bicyclic) bond motifs is 1. The number of anilines is 1. The number of hydrogen-bond donors (Lipinski definition) is 1. The molecule has 4 fully saturated rings. The van der Waals surface area contributed by atoms with Crippen LogP contribution in [0.15, 0.2) is 30.3 Å². The molecule has 4 aliphatic rings. The summed E-state index contributed by atoms with van der Waals surface area (Å²) in [7, 11) is 0. The maximum atomic E-state index is 12.7. The monoisotopic (exact) mass is 414 g/mol. The van der Waals surface area contributed by atoms with Gasteiger partial charge in [0.25, 0.3) is 0 Å². The second kappa shape index (κ2) is 8.12. The first-order chi connectivity index (χ1) is 14.1. The summed E-state index contributed by atoms with van der Waals surface area (Å²) in [5.74, 6) is 1.94. The van der Waals surface area contributed by atoms with Crippen LogP contribution in [0.1, 0.15) is 25.7 Å². The molecule has 4 heterocycles. The summed E-state index contributed by atoms with van der Waals surface area (Å²) in [5, 5.41) is 3.35. The van der Waals surface area contributed by atoms with Gasteiger partial charge in [-0.1, -0.05) is 30.1 Å². The SMILES string of the molecule is CSN1CCC2(CC1)CC(CCN1CC3CN(c4ccccc4)CC3C1)NC2=O. The maximum Gasteiger partial charge on any atom is 0.226 e. The molecular formula is C23H34N4OS. The van der Waals surface area contributed by atoms with Gasteiger partial charge < -0.3 is 15.1 Å². The molecule has 29 heavy (non-hydrogen) atoms. The smallest absolute Gasteiger partial charge is 0.226 e. The molecule has 1 amide bonds. The van der Waals surface area contributed by atoms with E-state index >= 15 is 0 Å². The highest BCUT2D eigenvalue weighted by Crippen LogP contribution is 2.42. The number of carbonyl (C=O) groups excluding carboxylic acids is 1. The minimum absolute atomic E-state index is 0.0748. The lowest BCUT2D eigenvalue weighted by atomic mass is 9.76. The molecule has 0 radical (unpaired) electrons. The van der Waals surface area contributed by atoms with Gasteiger partial charge in [0.05, 0.1) is 5.41 Å². The summed E-state index contributed by atoms with van der Waals surface area (Å²) in [6, 6.07) is 11.2. The lowest BCUT2D eigenvalue weighted by Crippen LogP contribution is -2.41. The van der Waals surface area contributed by atoms with E-state index in [2.05, 4.69) is 56.0 Å². The molecule has 0 saturated carbocycles. The molecule has 1 aromatic carbocycles. The Bertz CT molecular complexity index is 707. The van der Waals surface area contributed by atoms with E-state index in [9.17, 15) is 4.79 Å². The average molecular weight is 415 g/mol. The highest BCUT2D eigenvalue weighted by Gasteiger charge is 2.48. The van der Waals surface area contributed by atoms with E-state index in [1.807, 2.05) is 11.9 Å². The molecule has 5 nitrogen and oxygen atoms in total. The van der Waals surface area contributed by atoms with E-state index in [1.54, 1.807) is 0 Å². The van der Waals surface area contributed by atoms with Crippen molar-refractivity contribution in [3.05, 3.63) is 30.3 Å². The summed E-state index contributed by atoms with van der Waals surface area (Å²) in [4.78, 5) is 17.9. The van der Waals surface area contributed by atoms with Gasteiger partial charge in [0.2, 0.25) is 5.91 Å². The minimum atomic E-state index is -0.0748. The number of nitrogens with zero attached hydrogens (tertiary/aromatic N) is 3. The van der Waals surface area contributed by atoms with Crippen molar-refractivity contribution in [3.8, 4) is 0 Å². The molecule has 1 spiro atoms. The fourth-order valence-corrected chi connectivity index (χ4v) is 6.66. The topological polar surface area (TPSA) is 38.8 Å². The van der Waals surface area contributed by atoms with Gasteiger partial charge in [-0.3, -0.25) is 9.10 Å². The van der Waals surface area contributed by atoms with Crippen molar-refractivity contribution >= 4 is 23.5 Å². The maximum absolute atomic E-state index is 12.7. The van der Waals surface area contributed by atoms with Crippen LogP contribution in [0.3, 0.4) is 0 Å². The molecule has 0 aromatic heterocycles. The highest BCUT2D eigenvalue weighted by molar-refractivity contribution is 7.96. The lowest BCUT2D eigenvalue weighted by Gasteiger charge is -2.36. The van der Waals surface area contributed by atoms with Gasteiger partial charge in [-0.25, -0.2) is 0 Å². The zero-order valence-corrected chi connectivity index (χ0v) is 18.4. The van der Waals surface area contributed by atoms with E-state index in [1.165, 1.54) is 31.9 Å². The van der Waals surface area contributed by atoms with Gasteiger partial charge >= 0.3 is 0 Å². The fourth-order valence-electron chi connectivity index (χ4n) is 6.12.